The molecule has 4 fully saturated rings. The van der Waals surface area contributed by atoms with Crippen LogP contribution in [0.3, 0.4) is 0 Å². The van der Waals surface area contributed by atoms with E-state index in [-0.39, 0.29) is 23.3 Å². The van der Waals surface area contributed by atoms with Gasteiger partial charge in [-0.05, 0) is 47.5 Å². The van der Waals surface area contributed by atoms with Crippen LogP contribution in [0.5, 0.6) is 0 Å². The van der Waals surface area contributed by atoms with Gasteiger partial charge in [-0.25, -0.2) is 4.79 Å². The normalized spacial score (nSPS) is 43.9. The molecule has 4 atom stereocenters. The van der Waals surface area contributed by atoms with E-state index >= 15 is 0 Å². The lowest BCUT2D eigenvalue weighted by atomic mass is 9.69. The first-order valence-corrected chi connectivity index (χ1v) is 7.05. The van der Waals surface area contributed by atoms with E-state index in [9.17, 15) is 4.79 Å². The molecule has 0 spiro atoms. The van der Waals surface area contributed by atoms with Gasteiger partial charge in [0.25, 0.3) is 0 Å². The third-order valence-electron chi connectivity index (χ3n) is 4.88. The van der Waals surface area contributed by atoms with Gasteiger partial charge in [-0.2, -0.15) is 0 Å². The topological polar surface area (TPSA) is 41.3 Å². The van der Waals surface area contributed by atoms with Crippen LogP contribution in [-0.4, -0.2) is 40.3 Å². The van der Waals surface area contributed by atoms with E-state index in [0.29, 0.717) is 18.0 Å². The van der Waals surface area contributed by atoms with Crippen LogP contribution >= 0.6 is 0 Å². The number of hydrogen-bond donors (Lipinski definition) is 1. The summed E-state index contributed by atoms with van der Waals surface area (Å²) in [5, 5.41) is 3.01. The highest BCUT2D eigenvalue weighted by Crippen LogP contribution is 2.60. The predicted molar refractivity (Wildman–Crippen MR) is 69.4 cm³/mol. The first-order valence-electron chi connectivity index (χ1n) is 7.05. The molecule has 2 bridgehead atoms. The van der Waals surface area contributed by atoms with E-state index < -0.39 is 0 Å². The summed E-state index contributed by atoms with van der Waals surface area (Å²) in [6, 6.07) is 0.966. The molecule has 3 saturated heterocycles. The molecule has 1 N–H and O–H groups in total. The van der Waals surface area contributed by atoms with Crippen molar-refractivity contribution in [2.24, 2.45) is 5.92 Å². The molecule has 4 nitrogen and oxygen atoms in total. The summed E-state index contributed by atoms with van der Waals surface area (Å²) in [5.41, 5.74) is -0.238. The SMILES string of the molecule is CC(C)NC(=O)N1[C@@H]2[C@H]1[C@]1(C)CC[C@@H]2C(C)(C)O1. The lowest BCUT2D eigenvalue weighted by Gasteiger charge is -2.51. The largest absolute Gasteiger partial charge is 0.367 e. The van der Waals surface area contributed by atoms with Crippen molar-refractivity contribution < 1.29 is 9.53 Å². The van der Waals surface area contributed by atoms with Crippen molar-refractivity contribution in [3.63, 3.8) is 0 Å². The molecule has 1 saturated carbocycles. The second kappa shape index (κ2) is 3.41. The van der Waals surface area contributed by atoms with Crippen LogP contribution in [0.4, 0.5) is 4.79 Å². The van der Waals surface area contributed by atoms with E-state index in [1.807, 2.05) is 18.7 Å². The van der Waals surface area contributed by atoms with Crippen LogP contribution < -0.4 is 5.32 Å². The summed E-state index contributed by atoms with van der Waals surface area (Å²) in [7, 11) is 0. The number of amides is 2. The summed E-state index contributed by atoms with van der Waals surface area (Å²) in [6.45, 7) is 10.5. The van der Waals surface area contributed by atoms with Gasteiger partial charge < -0.3 is 15.0 Å². The first-order chi connectivity index (χ1) is 8.26. The molecule has 4 heteroatoms. The molecule has 3 heterocycles. The molecule has 18 heavy (non-hydrogen) atoms. The Morgan fingerprint density at radius 2 is 2.06 bits per heavy atom. The number of urea groups is 1. The molecule has 3 aliphatic heterocycles. The minimum absolute atomic E-state index is 0.0828. The zero-order valence-electron chi connectivity index (χ0n) is 12.0. The fourth-order valence-corrected chi connectivity index (χ4v) is 4.21. The molecule has 4 aliphatic rings. The third-order valence-corrected chi connectivity index (χ3v) is 4.88. The van der Waals surface area contributed by atoms with Crippen molar-refractivity contribution in [3.8, 4) is 0 Å². The molecular weight excluding hydrogens is 228 g/mol. The average Bonchev–Trinajstić information content (AvgIpc) is 2.90. The van der Waals surface area contributed by atoms with E-state index in [2.05, 4.69) is 26.1 Å². The zero-order chi connectivity index (χ0) is 13.3. The minimum atomic E-state index is -0.142. The Hall–Kier alpha value is -0.770. The molecular formula is C14H24N2O2. The Labute approximate surface area is 109 Å². The molecule has 0 aromatic heterocycles. The van der Waals surface area contributed by atoms with Crippen molar-refractivity contribution in [3.05, 3.63) is 0 Å². The second-order valence-electron chi connectivity index (χ2n) is 7.11. The van der Waals surface area contributed by atoms with E-state index in [4.69, 9.17) is 4.74 Å². The Morgan fingerprint density at radius 1 is 1.39 bits per heavy atom. The highest BCUT2D eigenvalue weighted by molar-refractivity contribution is 5.79. The number of hydrogen-bond acceptors (Lipinski definition) is 2. The van der Waals surface area contributed by atoms with Gasteiger partial charge in [-0.15, -0.1) is 0 Å². The highest BCUT2D eigenvalue weighted by Gasteiger charge is 2.72. The maximum absolute atomic E-state index is 12.2. The number of carbonyl (C=O) groups excluding carboxylic acids is 1. The van der Waals surface area contributed by atoms with Crippen LogP contribution in [0, 0.1) is 5.92 Å². The van der Waals surface area contributed by atoms with E-state index in [1.165, 1.54) is 6.42 Å². The van der Waals surface area contributed by atoms with E-state index in [1.54, 1.807) is 0 Å². The zero-order valence-corrected chi connectivity index (χ0v) is 12.0. The van der Waals surface area contributed by atoms with Crippen molar-refractivity contribution >= 4 is 6.03 Å². The summed E-state index contributed by atoms with van der Waals surface area (Å²) >= 11 is 0. The molecule has 102 valence electrons. The van der Waals surface area contributed by atoms with Gasteiger partial charge in [-0.3, -0.25) is 0 Å². The van der Waals surface area contributed by atoms with Gasteiger partial charge in [0.15, 0.2) is 0 Å². The third kappa shape index (κ3) is 1.51. The Morgan fingerprint density at radius 3 is 2.61 bits per heavy atom. The summed E-state index contributed by atoms with van der Waals surface area (Å²) in [4.78, 5) is 14.2. The Kier molecular flexibility index (Phi) is 2.32. The van der Waals surface area contributed by atoms with Crippen LogP contribution in [0.1, 0.15) is 47.5 Å². The van der Waals surface area contributed by atoms with Crippen molar-refractivity contribution in [1.82, 2.24) is 10.2 Å². The first kappa shape index (κ1) is 12.3. The molecule has 4 rings (SSSR count). The van der Waals surface area contributed by atoms with Gasteiger partial charge in [0, 0.05) is 12.0 Å². The smallest absolute Gasteiger partial charge is 0.318 e. The second-order valence-corrected chi connectivity index (χ2v) is 7.11. The quantitative estimate of drug-likeness (QED) is 0.726. The number of carbonyl (C=O) groups is 1. The number of ether oxygens (including phenoxy) is 1. The number of nitrogens with one attached hydrogen (secondary N) is 1. The molecule has 0 aromatic rings. The van der Waals surface area contributed by atoms with Crippen molar-refractivity contribution in [2.45, 2.75) is 76.8 Å². The van der Waals surface area contributed by atoms with Crippen molar-refractivity contribution in [1.29, 1.82) is 0 Å². The predicted octanol–water partition coefficient (Wildman–Crippen LogP) is 2.13. The van der Waals surface area contributed by atoms with E-state index in [0.717, 1.165) is 6.42 Å². The van der Waals surface area contributed by atoms with Gasteiger partial charge >= 0.3 is 6.03 Å². The lowest BCUT2D eigenvalue weighted by molar-refractivity contribution is -0.214. The summed E-state index contributed by atoms with van der Waals surface area (Å²) in [6.07, 6.45) is 2.25. The standard InChI is InChI=1S/C14H24N2O2/c1-8(2)15-12(17)16-10-9-6-7-14(5,11(10)16)18-13(9,3)4/h8-11H,6-7H2,1-5H3,(H,15,17)/t9-,10-,11-,14-,16?/m0/s1. The number of likely N-dealkylation sites (tertiary alicyclic amines) is 1. The Balaban J connectivity index is 1.82. The summed E-state index contributed by atoms with van der Waals surface area (Å²) < 4.78 is 6.28. The maximum atomic E-state index is 12.2. The average molecular weight is 252 g/mol. The van der Waals surface area contributed by atoms with Crippen LogP contribution in [-0.2, 0) is 4.74 Å². The number of fused-ring (bicyclic) bond motifs is 2. The van der Waals surface area contributed by atoms with Gasteiger partial charge in [0.1, 0.15) is 0 Å². The molecule has 0 unspecified atom stereocenters. The number of rotatable bonds is 1. The number of nitrogens with zero attached hydrogens (tertiary/aromatic N) is 1. The monoisotopic (exact) mass is 252 g/mol. The van der Waals surface area contributed by atoms with Crippen molar-refractivity contribution in [2.75, 3.05) is 0 Å². The van der Waals surface area contributed by atoms with Gasteiger partial charge in [-0.1, -0.05) is 0 Å². The molecule has 2 amide bonds. The fraction of sp³-hybridized carbons (Fsp3) is 0.929. The molecule has 0 aromatic carbocycles. The van der Waals surface area contributed by atoms with Gasteiger partial charge in [0.2, 0.25) is 0 Å². The molecule has 1 aliphatic carbocycles. The maximum Gasteiger partial charge on any atom is 0.318 e. The molecule has 0 radical (unpaired) electrons. The fourth-order valence-electron chi connectivity index (χ4n) is 4.21. The lowest BCUT2D eigenvalue weighted by Crippen LogP contribution is -2.58. The summed E-state index contributed by atoms with van der Waals surface area (Å²) in [5.74, 6) is 0.488. The van der Waals surface area contributed by atoms with Crippen LogP contribution in [0.25, 0.3) is 0 Å². The van der Waals surface area contributed by atoms with Crippen LogP contribution in [0.2, 0.25) is 0 Å². The van der Waals surface area contributed by atoms with Gasteiger partial charge in [0.05, 0.1) is 23.3 Å². The highest BCUT2D eigenvalue weighted by atomic mass is 16.5. The Bertz CT molecular complexity index is 393. The van der Waals surface area contributed by atoms with Crippen LogP contribution in [0.15, 0.2) is 0 Å². The minimum Gasteiger partial charge on any atom is -0.367 e.